The number of hydrogen-bond donors (Lipinski definition) is 1. The molecule has 0 spiro atoms. The Morgan fingerprint density at radius 3 is 2.68 bits per heavy atom. The molecule has 1 amide bonds. The van der Waals surface area contributed by atoms with Crippen LogP contribution in [-0.4, -0.2) is 10.5 Å². The summed E-state index contributed by atoms with van der Waals surface area (Å²) >= 11 is 11.3. The molecule has 0 bridgehead atoms. The van der Waals surface area contributed by atoms with E-state index in [-0.39, 0.29) is 11.9 Å². The zero-order valence-corrected chi connectivity index (χ0v) is 18.3. The van der Waals surface area contributed by atoms with Gasteiger partial charge in [0.15, 0.2) is 0 Å². The van der Waals surface area contributed by atoms with Crippen molar-refractivity contribution in [3.8, 4) is 0 Å². The van der Waals surface area contributed by atoms with Crippen LogP contribution in [0.5, 0.6) is 0 Å². The van der Waals surface area contributed by atoms with Crippen LogP contribution in [0.2, 0.25) is 5.02 Å². The number of fused-ring (bicyclic) bond motifs is 1. The quantitative estimate of drug-likeness (QED) is 0.345. The lowest BCUT2D eigenvalue weighted by Gasteiger charge is -2.16. The molecule has 2 aromatic heterocycles. The highest BCUT2D eigenvalue weighted by Gasteiger charge is 2.19. The highest BCUT2D eigenvalue weighted by molar-refractivity contribution is 9.11. The molecule has 0 radical (unpaired) electrons. The van der Waals surface area contributed by atoms with Crippen LogP contribution in [0, 0.1) is 0 Å². The summed E-state index contributed by atoms with van der Waals surface area (Å²) in [6.45, 7) is 2.58. The van der Waals surface area contributed by atoms with Crippen molar-refractivity contribution in [2.24, 2.45) is 0 Å². The Kier molecular flexibility index (Phi) is 5.58. The molecule has 0 aliphatic carbocycles. The molecular formula is C22H18BrClN2OS. The summed E-state index contributed by atoms with van der Waals surface area (Å²) in [5.41, 5.74) is 3.82. The highest BCUT2D eigenvalue weighted by atomic mass is 79.9. The maximum Gasteiger partial charge on any atom is 0.268 e. The zero-order valence-electron chi connectivity index (χ0n) is 15.2. The van der Waals surface area contributed by atoms with Crippen LogP contribution in [-0.2, 0) is 6.54 Å². The van der Waals surface area contributed by atoms with Crippen molar-refractivity contribution < 1.29 is 4.79 Å². The number of carbonyl (C=O) groups excluding carboxylic acids is 1. The number of nitrogens with zero attached hydrogens (tertiary/aromatic N) is 1. The average Bonchev–Trinajstić information content (AvgIpc) is 3.19. The maximum absolute atomic E-state index is 13.1. The van der Waals surface area contributed by atoms with Gasteiger partial charge in [-0.3, -0.25) is 4.79 Å². The number of aromatic nitrogens is 1. The highest BCUT2D eigenvalue weighted by Crippen LogP contribution is 2.33. The van der Waals surface area contributed by atoms with Gasteiger partial charge in [0.25, 0.3) is 5.91 Å². The molecular weight excluding hydrogens is 456 g/mol. The first-order valence-corrected chi connectivity index (χ1v) is 10.9. The molecule has 1 atom stereocenters. The second kappa shape index (κ2) is 8.11. The fourth-order valence-electron chi connectivity index (χ4n) is 3.28. The third kappa shape index (κ3) is 4.02. The van der Waals surface area contributed by atoms with Crippen molar-refractivity contribution in [3.63, 3.8) is 0 Å². The molecule has 4 aromatic rings. The van der Waals surface area contributed by atoms with E-state index in [0.717, 1.165) is 25.1 Å². The largest absolute Gasteiger partial charge is 0.344 e. The van der Waals surface area contributed by atoms with E-state index < -0.39 is 0 Å². The van der Waals surface area contributed by atoms with Gasteiger partial charge >= 0.3 is 0 Å². The van der Waals surface area contributed by atoms with E-state index in [1.165, 1.54) is 0 Å². The van der Waals surface area contributed by atoms with Gasteiger partial charge in [-0.25, -0.2) is 0 Å². The zero-order chi connectivity index (χ0) is 19.7. The Labute approximate surface area is 181 Å². The van der Waals surface area contributed by atoms with Crippen molar-refractivity contribution in [2.75, 3.05) is 0 Å². The molecule has 1 unspecified atom stereocenters. The lowest BCUT2D eigenvalue weighted by atomic mass is 10.1. The summed E-state index contributed by atoms with van der Waals surface area (Å²) < 4.78 is 4.17. The molecule has 3 nitrogen and oxygen atoms in total. The van der Waals surface area contributed by atoms with Crippen LogP contribution in [0.3, 0.4) is 0 Å². The van der Waals surface area contributed by atoms with Crippen molar-refractivity contribution in [2.45, 2.75) is 19.5 Å². The van der Waals surface area contributed by atoms with Gasteiger partial charge in [-0.15, -0.1) is 11.3 Å². The normalized spacial score (nSPS) is 12.2. The summed E-state index contributed by atoms with van der Waals surface area (Å²) in [4.78, 5) is 13.1. The molecule has 2 aromatic carbocycles. The predicted octanol–water partition coefficient (Wildman–Crippen LogP) is 6.66. The second-order valence-corrected chi connectivity index (χ2v) is 9.55. The first kappa shape index (κ1) is 19.2. The molecule has 1 N–H and O–H groups in total. The topological polar surface area (TPSA) is 34.0 Å². The van der Waals surface area contributed by atoms with Gasteiger partial charge in [0.2, 0.25) is 0 Å². The summed E-state index contributed by atoms with van der Waals surface area (Å²) in [6.07, 6.45) is 0. The number of amides is 1. The van der Waals surface area contributed by atoms with Crippen LogP contribution in [0.1, 0.15) is 34.6 Å². The van der Waals surface area contributed by atoms with Crippen LogP contribution >= 0.6 is 38.9 Å². The predicted molar refractivity (Wildman–Crippen MR) is 120 cm³/mol. The van der Waals surface area contributed by atoms with Crippen molar-refractivity contribution in [1.82, 2.24) is 9.88 Å². The number of halogens is 2. The number of nitrogens with one attached hydrogen (secondary N) is 1. The van der Waals surface area contributed by atoms with E-state index >= 15 is 0 Å². The molecule has 0 aliphatic heterocycles. The van der Waals surface area contributed by atoms with Gasteiger partial charge in [0.1, 0.15) is 5.69 Å². The van der Waals surface area contributed by atoms with Crippen LogP contribution in [0.4, 0.5) is 0 Å². The van der Waals surface area contributed by atoms with Gasteiger partial charge in [0.05, 0.1) is 20.0 Å². The van der Waals surface area contributed by atoms with E-state index in [1.807, 2.05) is 67.6 Å². The molecule has 0 fully saturated rings. The average molecular weight is 474 g/mol. The Bertz CT molecular complexity index is 1140. The monoisotopic (exact) mass is 472 g/mol. The fraction of sp³-hybridized carbons (Fsp3) is 0.136. The number of rotatable bonds is 5. The van der Waals surface area contributed by atoms with E-state index in [4.69, 9.17) is 11.6 Å². The molecule has 28 heavy (non-hydrogen) atoms. The Morgan fingerprint density at radius 2 is 1.93 bits per heavy atom. The fourth-order valence-corrected chi connectivity index (χ4v) is 5.06. The minimum atomic E-state index is -0.0853. The van der Waals surface area contributed by atoms with Gasteiger partial charge in [-0.05, 0) is 58.2 Å². The number of hydrogen-bond acceptors (Lipinski definition) is 2. The van der Waals surface area contributed by atoms with Crippen LogP contribution in [0.25, 0.3) is 10.2 Å². The van der Waals surface area contributed by atoms with Gasteiger partial charge in [-0.2, -0.15) is 0 Å². The molecule has 0 saturated carbocycles. The molecule has 0 saturated heterocycles. The standard InChI is InChI=1S/C22H18BrClN2OS/c1-14(16-7-3-2-4-8-16)25-22(27)19-11-20-18(12-21(23)28-20)26(19)13-15-6-5-9-17(24)10-15/h2-12,14H,13H2,1H3,(H,25,27). The summed E-state index contributed by atoms with van der Waals surface area (Å²) in [5.74, 6) is -0.0853. The van der Waals surface area contributed by atoms with Crippen LogP contribution < -0.4 is 5.32 Å². The van der Waals surface area contributed by atoms with Gasteiger partial charge < -0.3 is 9.88 Å². The van der Waals surface area contributed by atoms with Crippen molar-refractivity contribution in [1.29, 1.82) is 0 Å². The minimum absolute atomic E-state index is 0.0759. The second-order valence-electron chi connectivity index (χ2n) is 6.65. The summed E-state index contributed by atoms with van der Waals surface area (Å²) in [5, 5.41) is 3.81. The van der Waals surface area contributed by atoms with Crippen LogP contribution in [0.15, 0.2) is 70.5 Å². The van der Waals surface area contributed by atoms with Crippen molar-refractivity contribution >= 4 is 55.0 Å². The maximum atomic E-state index is 13.1. The van der Waals surface area contributed by atoms with Gasteiger partial charge in [-0.1, -0.05) is 54.1 Å². The molecule has 142 valence electrons. The number of carbonyl (C=O) groups is 1. The Hall–Kier alpha value is -2.08. The Balaban J connectivity index is 1.68. The molecule has 2 heterocycles. The van der Waals surface area contributed by atoms with Crippen molar-refractivity contribution in [3.05, 3.63) is 92.4 Å². The smallest absolute Gasteiger partial charge is 0.268 e. The third-order valence-corrected chi connectivity index (χ3v) is 6.48. The lowest BCUT2D eigenvalue weighted by molar-refractivity contribution is 0.0931. The van der Waals surface area contributed by atoms with Gasteiger partial charge in [0, 0.05) is 11.6 Å². The number of thiophene rings is 1. The molecule has 0 aliphatic rings. The first-order chi connectivity index (χ1) is 13.5. The van der Waals surface area contributed by atoms with E-state index in [1.54, 1.807) is 11.3 Å². The molecule has 6 heteroatoms. The molecule has 4 rings (SSSR count). The van der Waals surface area contributed by atoms with E-state index in [2.05, 4.69) is 31.9 Å². The van der Waals surface area contributed by atoms with E-state index in [9.17, 15) is 4.79 Å². The lowest BCUT2D eigenvalue weighted by Crippen LogP contribution is -2.28. The number of benzene rings is 2. The summed E-state index contributed by atoms with van der Waals surface area (Å²) in [6, 6.07) is 21.7. The minimum Gasteiger partial charge on any atom is -0.344 e. The summed E-state index contributed by atoms with van der Waals surface area (Å²) in [7, 11) is 0. The van der Waals surface area contributed by atoms with E-state index in [0.29, 0.717) is 17.3 Å². The third-order valence-electron chi connectivity index (χ3n) is 4.67. The Morgan fingerprint density at radius 1 is 1.14 bits per heavy atom. The first-order valence-electron chi connectivity index (χ1n) is 8.90. The SMILES string of the molecule is CC(NC(=O)c1cc2sc(Br)cc2n1Cc1cccc(Cl)c1)c1ccccc1.